The molecule has 4 rings (SSSR count). The van der Waals surface area contributed by atoms with Crippen LogP contribution in [-0.2, 0) is 16.1 Å². The molecule has 1 saturated heterocycles. The summed E-state index contributed by atoms with van der Waals surface area (Å²) in [6.07, 6.45) is 4.73. The molecule has 1 aromatic carbocycles. The number of carbonyl (C=O) groups is 2. The quantitative estimate of drug-likeness (QED) is 0.590. The van der Waals surface area contributed by atoms with Crippen molar-refractivity contribution in [3.63, 3.8) is 0 Å². The molecule has 2 aromatic heterocycles. The number of benzene rings is 1. The second-order valence-corrected chi connectivity index (χ2v) is 9.16. The lowest BCUT2D eigenvalue weighted by atomic mass is 10.1. The number of thiophene rings is 1. The number of amides is 2. The van der Waals surface area contributed by atoms with E-state index >= 15 is 0 Å². The van der Waals surface area contributed by atoms with Crippen LogP contribution in [0, 0.1) is 0 Å². The number of carbonyl (C=O) groups excluding carboxylic acids is 2. The minimum absolute atomic E-state index is 0.0702. The lowest BCUT2D eigenvalue weighted by molar-refractivity contribution is -0.143. The summed E-state index contributed by atoms with van der Waals surface area (Å²) in [4.78, 5) is 37.5. The second kappa shape index (κ2) is 8.30. The van der Waals surface area contributed by atoms with Gasteiger partial charge in [0.2, 0.25) is 11.8 Å². The highest BCUT2D eigenvalue weighted by Gasteiger charge is 2.26. The molecular weight excluding hydrogens is 454 g/mol. The maximum absolute atomic E-state index is 12.6. The first kappa shape index (κ1) is 19.5. The molecule has 0 radical (unpaired) electrons. The van der Waals surface area contributed by atoms with Crippen LogP contribution >= 0.6 is 27.3 Å². The second-order valence-electron chi connectivity index (χ2n) is 6.66. The first-order valence-electron chi connectivity index (χ1n) is 8.99. The fourth-order valence-corrected chi connectivity index (χ4v) is 4.51. The highest BCUT2D eigenvalue weighted by molar-refractivity contribution is 9.11. The van der Waals surface area contributed by atoms with Gasteiger partial charge in [-0.25, -0.2) is 9.97 Å². The van der Waals surface area contributed by atoms with E-state index in [2.05, 4.69) is 25.9 Å². The summed E-state index contributed by atoms with van der Waals surface area (Å²) >= 11 is 4.95. The van der Waals surface area contributed by atoms with Gasteiger partial charge in [0.15, 0.2) is 0 Å². The molecule has 0 aliphatic carbocycles. The van der Waals surface area contributed by atoms with E-state index in [4.69, 9.17) is 5.73 Å². The van der Waals surface area contributed by atoms with Gasteiger partial charge in [0.05, 0.1) is 9.30 Å². The van der Waals surface area contributed by atoms with Crippen molar-refractivity contribution in [2.75, 3.05) is 25.4 Å². The Morgan fingerprint density at radius 1 is 1.24 bits per heavy atom. The van der Waals surface area contributed by atoms with Crippen LogP contribution < -0.4 is 5.73 Å². The summed E-state index contributed by atoms with van der Waals surface area (Å²) in [5.41, 5.74) is 7.58. The van der Waals surface area contributed by atoms with Gasteiger partial charge in [-0.1, -0.05) is 6.07 Å². The van der Waals surface area contributed by atoms with Crippen molar-refractivity contribution in [1.29, 1.82) is 0 Å². The van der Waals surface area contributed by atoms with E-state index in [9.17, 15) is 9.59 Å². The fourth-order valence-electron chi connectivity index (χ4n) is 3.18. The average molecular weight is 472 g/mol. The number of halogens is 1. The highest BCUT2D eigenvalue weighted by atomic mass is 79.9. The SMILES string of the molecule is Nc1ncnc2cc(CN3CCN(C(=O)/C=C/c4ccc(Br)s4)CC3=O)ccc12. The molecular formula is C20H18BrN5O2S. The number of nitrogens with two attached hydrogens (primary N) is 1. The number of hydrogen-bond acceptors (Lipinski definition) is 6. The van der Waals surface area contributed by atoms with Crippen molar-refractivity contribution in [2.45, 2.75) is 6.54 Å². The lowest BCUT2D eigenvalue weighted by Crippen LogP contribution is -2.51. The summed E-state index contributed by atoms with van der Waals surface area (Å²) in [5.74, 6) is 0.215. The number of fused-ring (bicyclic) bond motifs is 1. The number of nitrogen functional groups attached to an aromatic ring is 1. The molecule has 1 aliphatic heterocycles. The Hall–Kier alpha value is -2.78. The molecule has 29 heavy (non-hydrogen) atoms. The number of aromatic nitrogens is 2. The van der Waals surface area contributed by atoms with Crippen molar-refractivity contribution in [1.82, 2.24) is 19.8 Å². The van der Waals surface area contributed by atoms with E-state index in [-0.39, 0.29) is 18.4 Å². The molecule has 1 fully saturated rings. The highest BCUT2D eigenvalue weighted by Crippen LogP contribution is 2.23. The minimum atomic E-state index is -0.152. The van der Waals surface area contributed by atoms with Crippen LogP contribution in [-0.4, -0.2) is 51.2 Å². The van der Waals surface area contributed by atoms with E-state index in [0.29, 0.717) is 25.5 Å². The number of rotatable bonds is 4. The van der Waals surface area contributed by atoms with Gasteiger partial charge in [0, 0.05) is 36.0 Å². The Labute approximate surface area is 180 Å². The molecule has 0 spiro atoms. The van der Waals surface area contributed by atoms with Crippen molar-refractivity contribution in [2.24, 2.45) is 0 Å². The van der Waals surface area contributed by atoms with Gasteiger partial charge >= 0.3 is 0 Å². The van der Waals surface area contributed by atoms with E-state index in [0.717, 1.165) is 25.1 Å². The van der Waals surface area contributed by atoms with Crippen molar-refractivity contribution in [3.8, 4) is 0 Å². The van der Waals surface area contributed by atoms with Gasteiger partial charge in [0.1, 0.15) is 18.7 Å². The van der Waals surface area contributed by atoms with Crippen molar-refractivity contribution >= 4 is 61.9 Å². The van der Waals surface area contributed by atoms with Crippen LogP contribution in [0.5, 0.6) is 0 Å². The molecule has 0 atom stereocenters. The average Bonchev–Trinajstić information content (AvgIpc) is 3.13. The zero-order valence-electron chi connectivity index (χ0n) is 15.4. The number of hydrogen-bond donors (Lipinski definition) is 1. The molecule has 3 heterocycles. The van der Waals surface area contributed by atoms with E-state index in [1.54, 1.807) is 27.2 Å². The smallest absolute Gasteiger partial charge is 0.247 e. The third-order valence-electron chi connectivity index (χ3n) is 4.72. The van der Waals surface area contributed by atoms with Gasteiger partial charge in [0.25, 0.3) is 0 Å². The summed E-state index contributed by atoms with van der Waals surface area (Å²) in [6.45, 7) is 1.55. The number of nitrogens with zero attached hydrogens (tertiary/aromatic N) is 4. The van der Waals surface area contributed by atoms with Gasteiger partial charge in [-0.05, 0) is 51.8 Å². The van der Waals surface area contributed by atoms with Gasteiger partial charge < -0.3 is 15.5 Å². The summed E-state index contributed by atoms with van der Waals surface area (Å²) in [6, 6.07) is 9.58. The zero-order chi connectivity index (χ0) is 20.4. The molecule has 7 nitrogen and oxygen atoms in total. The van der Waals surface area contributed by atoms with Gasteiger partial charge in [-0.2, -0.15) is 0 Å². The Balaban J connectivity index is 1.38. The van der Waals surface area contributed by atoms with Crippen LogP contribution in [0.4, 0.5) is 5.82 Å². The van der Waals surface area contributed by atoms with Gasteiger partial charge in [-0.3, -0.25) is 9.59 Å². The molecule has 0 bridgehead atoms. The van der Waals surface area contributed by atoms with E-state index in [1.807, 2.05) is 30.3 Å². The molecule has 2 amide bonds. The molecule has 0 unspecified atom stereocenters. The zero-order valence-corrected chi connectivity index (χ0v) is 17.8. The maximum Gasteiger partial charge on any atom is 0.247 e. The first-order chi connectivity index (χ1) is 14.0. The van der Waals surface area contributed by atoms with Crippen LogP contribution in [0.15, 0.2) is 46.5 Å². The summed E-state index contributed by atoms with van der Waals surface area (Å²) in [7, 11) is 0. The molecule has 9 heteroatoms. The number of piperazine rings is 1. The van der Waals surface area contributed by atoms with Crippen LogP contribution in [0.25, 0.3) is 17.0 Å². The van der Waals surface area contributed by atoms with Crippen LogP contribution in [0.2, 0.25) is 0 Å². The maximum atomic E-state index is 12.6. The third kappa shape index (κ3) is 4.46. The van der Waals surface area contributed by atoms with Crippen LogP contribution in [0.3, 0.4) is 0 Å². The minimum Gasteiger partial charge on any atom is -0.383 e. The predicted octanol–water partition coefficient (Wildman–Crippen LogP) is 2.92. The Morgan fingerprint density at radius 2 is 2.10 bits per heavy atom. The van der Waals surface area contributed by atoms with Crippen molar-refractivity contribution in [3.05, 3.63) is 57.0 Å². The Morgan fingerprint density at radius 3 is 2.86 bits per heavy atom. The summed E-state index contributed by atoms with van der Waals surface area (Å²) < 4.78 is 1.01. The standard InChI is InChI=1S/C20H18BrN5O2S/c21-17-5-2-14(29-17)3-6-18(27)26-8-7-25(19(28)11-26)10-13-1-4-15-16(9-13)23-12-24-20(15)22/h1-6,9,12H,7-8,10-11H2,(H2,22,23,24)/b6-3+. The molecule has 0 saturated carbocycles. The van der Waals surface area contributed by atoms with Crippen LogP contribution in [0.1, 0.15) is 10.4 Å². The van der Waals surface area contributed by atoms with E-state index in [1.165, 1.54) is 12.4 Å². The first-order valence-corrected chi connectivity index (χ1v) is 10.6. The fraction of sp³-hybridized carbons (Fsp3) is 0.200. The Kier molecular flexibility index (Phi) is 5.59. The molecule has 2 N–H and O–H groups in total. The third-order valence-corrected chi connectivity index (χ3v) is 6.31. The largest absolute Gasteiger partial charge is 0.383 e. The lowest BCUT2D eigenvalue weighted by Gasteiger charge is -2.34. The molecule has 1 aliphatic rings. The summed E-state index contributed by atoms with van der Waals surface area (Å²) in [5, 5.41) is 0.794. The molecule has 148 valence electrons. The van der Waals surface area contributed by atoms with Crippen molar-refractivity contribution < 1.29 is 9.59 Å². The number of anilines is 1. The van der Waals surface area contributed by atoms with Gasteiger partial charge in [-0.15, -0.1) is 11.3 Å². The predicted molar refractivity (Wildman–Crippen MR) is 117 cm³/mol. The monoisotopic (exact) mass is 471 g/mol. The Bertz CT molecular complexity index is 1110. The topological polar surface area (TPSA) is 92.4 Å². The molecule has 3 aromatic rings. The van der Waals surface area contributed by atoms with E-state index < -0.39 is 0 Å². The normalized spacial score (nSPS) is 14.9.